The Morgan fingerprint density at radius 3 is 2.45 bits per heavy atom. The van der Waals surface area contributed by atoms with E-state index < -0.39 is 0 Å². The quantitative estimate of drug-likeness (QED) is 0.385. The first-order chi connectivity index (χ1) is 18.4. The summed E-state index contributed by atoms with van der Waals surface area (Å²) in [7, 11) is 3.23. The highest BCUT2D eigenvalue weighted by atomic mass is 32.1. The van der Waals surface area contributed by atoms with Crippen molar-refractivity contribution >= 4 is 29.0 Å². The highest BCUT2D eigenvalue weighted by Crippen LogP contribution is 2.32. The predicted molar refractivity (Wildman–Crippen MR) is 149 cm³/mol. The highest BCUT2D eigenvalue weighted by Gasteiger charge is 2.27. The molecule has 2 aromatic heterocycles. The Morgan fingerprint density at radius 1 is 1.05 bits per heavy atom. The van der Waals surface area contributed by atoms with Crippen molar-refractivity contribution in [2.24, 2.45) is 5.92 Å². The zero-order valence-corrected chi connectivity index (χ0v) is 23.2. The normalized spacial score (nSPS) is 14.2. The molecule has 1 aromatic carbocycles. The molecule has 0 N–H and O–H groups in total. The standard InChI is InChI=1S/C28H35N5O4S/c1-5-20(2)18-33(28(35)25-7-6-16-38-25)19-27(34)32-14-12-31(13-15-32)26-11-10-23(29-30-26)22-9-8-21(36-3)17-24(22)37-4/h6-11,16-17,20H,5,12-15,18-19H2,1-4H3/t20-/m0/s1. The second-order valence-electron chi connectivity index (χ2n) is 9.39. The van der Waals surface area contributed by atoms with Gasteiger partial charge in [0, 0.05) is 44.4 Å². The van der Waals surface area contributed by atoms with Crippen molar-refractivity contribution in [1.82, 2.24) is 20.0 Å². The van der Waals surface area contributed by atoms with Crippen molar-refractivity contribution in [2.45, 2.75) is 20.3 Å². The highest BCUT2D eigenvalue weighted by molar-refractivity contribution is 7.12. The molecule has 202 valence electrons. The van der Waals surface area contributed by atoms with Crippen molar-refractivity contribution < 1.29 is 19.1 Å². The molecule has 38 heavy (non-hydrogen) atoms. The van der Waals surface area contributed by atoms with E-state index in [1.54, 1.807) is 19.1 Å². The minimum absolute atomic E-state index is 0.0223. The van der Waals surface area contributed by atoms with Gasteiger partial charge in [0.1, 0.15) is 18.0 Å². The third kappa shape index (κ3) is 6.42. The zero-order chi connectivity index (χ0) is 27.1. The Labute approximate surface area is 228 Å². The lowest BCUT2D eigenvalue weighted by Crippen LogP contribution is -2.52. The third-order valence-electron chi connectivity index (χ3n) is 6.87. The number of benzene rings is 1. The van der Waals surface area contributed by atoms with Crippen molar-refractivity contribution in [1.29, 1.82) is 0 Å². The number of amides is 2. The van der Waals surface area contributed by atoms with E-state index in [9.17, 15) is 9.59 Å². The number of thiophene rings is 1. The van der Waals surface area contributed by atoms with Gasteiger partial charge in [-0.15, -0.1) is 21.5 Å². The Balaban J connectivity index is 1.36. The number of piperazine rings is 1. The Kier molecular flexibility index (Phi) is 9.17. The number of nitrogens with zero attached hydrogens (tertiary/aromatic N) is 5. The fraction of sp³-hybridized carbons (Fsp3) is 0.429. The summed E-state index contributed by atoms with van der Waals surface area (Å²) in [5, 5.41) is 10.8. The van der Waals surface area contributed by atoms with Gasteiger partial charge in [-0.3, -0.25) is 9.59 Å². The molecule has 0 saturated carbocycles. The van der Waals surface area contributed by atoms with Crippen LogP contribution >= 0.6 is 11.3 Å². The molecule has 9 nitrogen and oxygen atoms in total. The van der Waals surface area contributed by atoms with Gasteiger partial charge in [0.05, 0.1) is 24.8 Å². The first-order valence-corrected chi connectivity index (χ1v) is 13.7. The zero-order valence-electron chi connectivity index (χ0n) is 22.4. The van der Waals surface area contributed by atoms with E-state index >= 15 is 0 Å². The topological polar surface area (TPSA) is 88.1 Å². The molecule has 2 amide bonds. The van der Waals surface area contributed by atoms with E-state index in [2.05, 4.69) is 28.9 Å². The minimum Gasteiger partial charge on any atom is -0.497 e. The number of carbonyl (C=O) groups excluding carboxylic acids is 2. The monoisotopic (exact) mass is 537 g/mol. The van der Waals surface area contributed by atoms with Gasteiger partial charge in [0.25, 0.3) is 5.91 Å². The molecule has 0 aliphatic carbocycles. The van der Waals surface area contributed by atoms with Crippen molar-refractivity contribution in [3.63, 3.8) is 0 Å². The van der Waals surface area contributed by atoms with E-state index in [0.29, 0.717) is 60.7 Å². The molecule has 1 atom stereocenters. The van der Waals surface area contributed by atoms with Crippen LogP contribution in [-0.4, -0.2) is 85.3 Å². The average Bonchev–Trinajstić information content (AvgIpc) is 3.51. The van der Waals surface area contributed by atoms with Crippen LogP contribution in [0.2, 0.25) is 0 Å². The number of carbonyl (C=O) groups is 2. The first kappa shape index (κ1) is 27.4. The van der Waals surface area contributed by atoms with Gasteiger partial charge in [-0.05, 0) is 41.6 Å². The molecule has 3 heterocycles. The molecule has 4 rings (SSSR count). The van der Waals surface area contributed by atoms with Crippen LogP contribution < -0.4 is 14.4 Å². The van der Waals surface area contributed by atoms with E-state index in [-0.39, 0.29) is 18.4 Å². The number of anilines is 1. The average molecular weight is 538 g/mol. The summed E-state index contributed by atoms with van der Waals surface area (Å²) in [5.74, 6) is 2.37. The van der Waals surface area contributed by atoms with Gasteiger partial charge in [-0.25, -0.2) is 0 Å². The van der Waals surface area contributed by atoms with Crippen LogP contribution in [-0.2, 0) is 4.79 Å². The molecule has 0 radical (unpaired) electrons. The Hall–Kier alpha value is -3.66. The summed E-state index contributed by atoms with van der Waals surface area (Å²) in [5.41, 5.74) is 1.54. The Bertz CT molecular complexity index is 1210. The SMILES string of the molecule is CC[C@H](C)CN(CC(=O)N1CCN(c2ccc(-c3ccc(OC)cc3OC)nn2)CC1)C(=O)c1cccs1. The van der Waals surface area contributed by atoms with Gasteiger partial charge in [-0.2, -0.15) is 0 Å². The number of ether oxygens (including phenoxy) is 2. The van der Waals surface area contributed by atoms with Crippen LogP contribution in [0.1, 0.15) is 29.9 Å². The van der Waals surface area contributed by atoms with Gasteiger partial charge >= 0.3 is 0 Å². The van der Waals surface area contributed by atoms with Crippen LogP contribution in [0, 0.1) is 5.92 Å². The number of methoxy groups -OCH3 is 2. The summed E-state index contributed by atoms with van der Waals surface area (Å²) in [4.78, 5) is 32.5. The third-order valence-corrected chi connectivity index (χ3v) is 7.72. The summed E-state index contributed by atoms with van der Waals surface area (Å²) in [6.45, 7) is 7.31. The molecule has 0 spiro atoms. The summed E-state index contributed by atoms with van der Waals surface area (Å²) >= 11 is 1.41. The summed E-state index contributed by atoms with van der Waals surface area (Å²) in [6, 6.07) is 13.1. The molecular weight excluding hydrogens is 502 g/mol. The fourth-order valence-corrected chi connectivity index (χ4v) is 5.07. The molecule has 0 unspecified atom stereocenters. The lowest BCUT2D eigenvalue weighted by Gasteiger charge is -2.36. The molecular formula is C28H35N5O4S. The molecule has 1 aliphatic heterocycles. The van der Waals surface area contributed by atoms with Gasteiger partial charge < -0.3 is 24.2 Å². The lowest BCUT2D eigenvalue weighted by molar-refractivity contribution is -0.132. The predicted octanol–water partition coefficient (Wildman–Crippen LogP) is 4.06. The van der Waals surface area contributed by atoms with Crippen LogP contribution in [0.5, 0.6) is 11.5 Å². The Morgan fingerprint density at radius 2 is 1.84 bits per heavy atom. The van der Waals surface area contributed by atoms with Crippen LogP contribution in [0.25, 0.3) is 11.3 Å². The van der Waals surface area contributed by atoms with Gasteiger partial charge in [0.2, 0.25) is 5.91 Å². The van der Waals surface area contributed by atoms with E-state index in [4.69, 9.17) is 9.47 Å². The van der Waals surface area contributed by atoms with Gasteiger partial charge in [0.15, 0.2) is 5.82 Å². The summed E-state index contributed by atoms with van der Waals surface area (Å²) in [6.07, 6.45) is 0.951. The molecule has 3 aromatic rings. The molecule has 10 heteroatoms. The largest absolute Gasteiger partial charge is 0.497 e. The van der Waals surface area contributed by atoms with Crippen molar-refractivity contribution in [3.05, 3.63) is 52.7 Å². The molecule has 1 saturated heterocycles. The van der Waals surface area contributed by atoms with Crippen LogP contribution in [0.3, 0.4) is 0 Å². The van der Waals surface area contributed by atoms with Crippen LogP contribution in [0.15, 0.2) is 47.8 Å². The fourth-order valence-electron chi connectivity index (χ4n) is 4.38. The van der Waals surface area contributed by atoms with E-state index in [1.807, 2.05) is 52.7 Å². The number of rotatable bonds is 10. The first-order valence-electron chi connectivity index (χ1n) is 12.8. The number of hydrogen-bond acceptors (Lipinski definition) is 8. The number of hydrogen-bond donors (Lipinski definition) is 0. The summed E-state index contributed by atoms with van der Waals surface area (Å²) < 4.78 is 10.8. The lowest BCUT2D eigenvalue weighted by atomic mass is 10.1. The molecule has 0 bridgehead atoms. The molecule has 1 aliphatic rings. The van der Waals surface area contributed by atoms with E-state index in [1.165, 1.54) is 11.3 Å². The van der Waals surface area contributed by atoms with Crippen molar-refractivity contribution in [2.75, 3.05) is 58.4 Å². The maximum Gasteiger partial charge on any atom is 0.264 e. The second kappa shape index (κ2) is 12.7. The van der Waals surface area contributed by atoms with E-state index in [0.717, 1.165) is 17.8 Å². The van der Waals surface area contributed by atoms with Gasteiger partial charge in [-0.1, -0.05) is 26.3 Å². The second-order valence-corrected chi connectivity index (χ2v) is 10.3. The smallest absolute Gasteiger partial charge is 0.264 e. The maximum atomic E-state index is 13.2. The van der Waals surface area contributed by atoms with Crippen molar-refractivity contribution in [3.8, 4) is 22.8 Å². The van der Waals surface area contributed by atoms with Crippen LogP contribution in [0.4, 0.5) is 5.82 Å². The molecule has 1 fully saturated rings. The number of aromatic nitrogens is 2. The minimum atomic E-state index is -0.0730. The maximum absolute atomic E-state index is 13.2.